The Bertz CT molecular complexity index is 288. The van der Waals surface area contributed by atoms with E-state index < -0.39 is 33.0 Å². The van der Waals surface area contributed by atoms with Gasteiger partial charge in [0.2, 0.25) is 9.58 Å². The quantitative estimate of drug-likeness (QED) is 0.516. The topological polar surface area (TPSA) is 17.1 Å². The molecule has 0 rings (SSSR count). The van der Waals surface area contributed by atoms with E-state index in [1.807, 2.05) is 0 Å². The third-order valence-corrected chi connectivity index (χ3v) is 3.91. The second-order valence-electron chi connectivity index (χ2n) is 4.39. The first-order valence-electron chi connectivity index (χ1n) is 4.56. The number of hydrogen-bond acceptors (Lipinski definition) is 1. The first kappa shape index (κ1) is 17.6. The lowest BCUT2D eigenvalue weighted by Crippen LogP contribution is -2.40. The van der Waals surface area contributed by atoms with Gasteiger partial charge in [0.05, 0.1) is 0 Å². The molecule has 0 radical (unpaired) electrons. The Morgan fingerprint density at radius 3 is 1.94 bits per heavy atom. The SMILES string of the molecule is CC(C)(CC(=O)Cl)C(Cl)CC(Cl)(Cl)C(F)(F)F. The van der Waals surface area contributed by atoms with E-state index in [0.29, 0.717) is 0 Å². The van der Waals surface area contributed by atoms with Crippen molar-refractivity contribution in [1.29, 1.82) is 0 Å². The van der Waals surface area contributed by atoms with Crippen LogP contribution in [0.5, 0.6) is 0 Å². The Balaban J connectivity index is 4.75. The molecule has 0 amide bonds. The third kappa shape index (κ3) is 5.41. The summed E-state index contributed by atoms with van der Waals surface area (Å²) >= 11 is 21.4. The highest BCUT2D eigenvalue weighted by Crippen LogP contribution is 2.47. The van der Waals surface area contributed by atoms with Crippen molar-refractivity contribution in [3.05, 3.63) is 0 Å². The average molecular weight is 334 g/mol. The van der Waals surface area contributed by atoms with Gasteiger partial charge in [-0.25, -0.2) is 0 Å². The van der Waals surface area contributed by atoms with E-state index in [-0.39, 0.29) is 6.42 Å². The van der Waals surface area contributed by atoms with Crippen LogP contribution in [-0.4, -0.2) is 21.1 Å². The molecule has 0 aliphatic carbocycles. The zero-order valence-electron chi connectivity index (χ0n) is 9.05. The van der Waals surface area contributed by atoms with Gasteiger partial charge in [-0.05, 0) is 17.0 Å². The molecule has 0 fully saturated rings. The maximum absolute atomic E-state index is 12.4. The zero-order chi connectivity index (χ0) is 14.1. The highest BCUT2D eigenvalue weighted by Gasteiger charge is 2.54. The van der Waals surface area contributed by atoms with E-state index in [1.54, 1.807) is 0 Å². The molecule has 0 spiro atoms. The minimum Gasteiger partial charge on any atom is -0.281 e. The Morgan fingerprint density at radius 2 is 1.65 bits per heavy atom. The van der Waals surface area contributed by atoms with Gasteiger partial charge >= 0.3 is 6.18 Å². The fourth-order valence-corrected chi connectivity index (χ4v) is 2.21. The normalized spacial score (nSPS) is 15.8. The summed E-state index contributed by atoms with van der Waals surface area (Å²) < 4.78 is 34.3. The Morgan fingerprint density at radius 1 is 1.24 bits per heavy atom. The number of hydrogen-bond donors (Lipinski definition) is 0. The summed E-state index contributed by atoms with van der Waals surface area (Å²) in [4.78, 5) is 10.7. The molecular weight excluding hydrogens is 323 g/mol. The van der Waals surface area contributed by atoms with Gasteiger partial charge in [-0.2, -0.15) is 13.2 Å². The number of rotatable bonds is 5. The highest BCUT2D eigenvalue weighted by molar-refractivity contribution is 6.63. The summed E-state index contributed by atoms with van der Waals surface area (Å²) in [6, 6.07) is 0. The summed E-state index contributed by atoms with van der Waals surface area (Å²) in [5.41, 5.74) is -0.930. The zero-order valence-corrected chi connectivity index (χ0v) is 12.1. The predicted molar refractivity (Wildman–Crippen MR) is 64.0 cm³/mol. The molecule has 8 heteroatoms. The van der Waals surface area contributed by atoms with Gasteiger partial charge < -0.3 is 0 Å². The van der Waals surface area contributed by atoms with Crippen LogP contribution < -0.4 is 0 Å². The molecule has 0 aromatic heterocycles. The van der Waals surface area contributed by atoms with Gasteiger partial charge in [-0.15, -0.1) is 11.6 Å². The maximum atomic E-state index is 12.4. The van der Waals surface area contributed by atoms with Crippen molar-refractivity contribution in [2.75, 3.05) is 0 Å². The van der Waals surface area contributed by atoms with E-state index in [0.717, 1.165) is 0 Å². The van der Waals surface area contributed by atoms with Crippen LogP contribution in [0.2, 0.25) is 0 Å². The fraction of sp³-hybridized carbons (Fsp3) is 0.889. The van der Waals surface area contributed by atoms with Crippen LogP contribution in [0.1, 0.15) is 26.7 Å². The lowest BCUT2D eigenvalue weighted by molar-refractivity contribution is -0.143. The summed E-state index contributed by atoms with van der Waals surface area (Å²) in [5.74, 6) is 0. The largest absolute Gasteiger partial charge is 0.421 e. The molecule has 0 N–H and O–H groups in total. The molecule has 17 heavy (non-hydrogen) atoms. The number of halogens is 7. The Hall–Kier alpha value is 0.620. The van der Waals surface area contributed by atoms with Gasteiger partial charge in [-0.1, -0.05) is 37.0 Å². The average Bonchev–Trinajstić information content (AvgIpc) is 1.97. The Labute approximate surface area is 118 Å². The van der Waals surface area contributed by atoms with Crippen molar-refractivity contribution >= 4 is 51.6 Å². The minimum atomic E-state index is -4.79. The van der Waals surface area contributed by atoms with E-state index in [4.69, 9.17) is 46.4 Å². The van der Waals surface area contributed by atoms with Crippen LogP contribution >= 0.6 is 46.4 Å². The summed E-state index contributed by atoms with van der Waals surface area (Å²) in [6.45, 7) is 3.04. The number of carbonyl (C=O) groups excluding carboxylic acids is 1. The molecule has 0 bridgehead atoms. The second-order valence-corrected chi connectivity index (χ2v) is 6.83. The van der Waals surface area contributed by atoms with Crippen LogP contribution in [-0.2, 0) is 4.79 Å². The van der Waals surface area contributed by atoms with Crippen LogP contribution in [0.25, 0.3) is 0 Å². The van der Waals surface area contributed by atoms with E-state index in [2.05, 4.69) is 0 Å². The minimum absolute atomic E-state index is 0.162. The van der Waals surface area contributed by atoms with E-state index in [1.165, 1.54) is 13.8 Å². The number of carbonyl (C=O) groups is 1. The maximum Gasteiger partial charge on any atom is 0.421 e. The lowest BCUT2D eigenvalue weighted by Gasteiger charge is -2.33. The van der Waals surface area contributed by atoms with Gasteiger partial charge in [0, 0.05) is 18.2 Å². The van der Waals surface area contributed by atoms with Crippen molar-refractivity contribution in [3.8, 4) is 0 Å². The monoisotopic (exact) mass is 332 g/mol. The lowest BCUT2D eigenvalue weighted by atomic mass is 9.83. The molecule has 1 nitrogen and oxygen atoms in total. The van der Waals surface area contributed by atoms with Crippen molar-refractivity contribution < 1.29 is 18.0 Å². The molecule has 102 valence electrons. The molecule has 0 aliphatic heterocycles. The van der Waals surface area contributed by atoms with Gasteiger partial charge in [-0.3, -0.25) is 4.79 Å². The summed E-state index contributed by atoms with van der Waals surface area (Å²) in [7, 11) is 0. The van der Waals surface area contributed by atoms with Gasteiger partial charge in [0.15, 0.2) is 0 Å². The molecule has 0 aromatic carbocycles. The first-order valence-corrected chi connectivity index (χ1v) is 6.13. The standard InChI is InChI=1S/C9H11Cl4F3O/c1-7(2,4-6(11)17)5(10)3-8(12,13)9(14,15)16/h5H,3-4H2,1-2H3. The van der Waals surface area contributed by atoms with Crippen LogP contribution in [0.15, 0.2) is 0 Å². The molecule has 1 unspecified atom stereocenters. The molecule has 1 atom stereocenters. The summed E-state index contributed by atoms with van der Waals surface area (Å²) in [6.07, 6.45) is -5.67. The van der Waals surface area contributed by atoms with Crippen molar-refractivity contribution in [3.63, 3.8) is 0 Å². The molecule has 0 saturated carbocycles. The molecule has 0 aromatic rings. The van der Waals surface area contributed by atoms with E-state index in [9.17, 15) is 18.0 Å². The van der Waals surface area contributed by atoms with Crippen LogP contribution in [0, 0.1) is 5.41 Å². The molecule has 0 aliphatic rings. The van der Waals surface area contributed by atoms with Crippen LogP contribution in [0.3, 0.4) is 0 Å². The number of alkyl halides is 6. The molecular formula is C9H11Cl4F3O. The summed E-state index contributed by atoms with van der Waals surface area (Å²) in [5, 5.41) is -1.72. The van der Waals surface area contributed by atoms with Gasteiger partial charge in [0.25, 0.3) is 0 Å². The van der Waals surface area contributed by atoms with Crippen molar-refractivity contribution in [2.45, 2.75) is 42.6 Å². The molecule has 0 saturated heterocycles. The van der Waals surface area contributed by atoms with Crippen molar-refractivity contribution in [1.82, 2.24) is 0 Å². The predicted octanol–water partition coefficient (Wildman–Crippen LogP) is 4.90. The Kier molecular flexibility index (Phi) is 5.93. The second kappa shape index (κ2) is 5.72. The van der Waals surface area contributed by atoms with Crippen molar-refractivity contribution in [2.24, 2.45) is 5.41 Å². The first-order chi connectivity index (χ1) is 7.29. The van der Waals surface area contributed by atoms with E-state index >= 15 is 0 Å². The third-order valence-electron chi connectivity index (χ3n) is 2.29. The highest BCUT2D eigenvalue weighted by atomic mass is 35.5. The fourth-order valence-electron chi connectivity index (χ4n) is 1.09. The van der Waals surface area contributed by atoms with Gasteiger partial charge in [0.1, 0.15) is 0 Å². The smallest absolute Gasteiger partial charge is 0.281 e. The molecule has 0 heterocycles. The van der Waals surface area contributed by atoms with Crippen LogP contribution in [0.4, 0.5) is 13.2 Å².